The van der Waals surface area contributed by atoms with E-state index in [9.17, 15) is 4.79 Å². The topological polar surface area (TPSA) is 60.8 Å². The summed E-state index contributed by atoms with van der Waals surface area (Å²) < 4.78 is 0. The number of carboxylic acids is 1. The Morgan fingerprint density at radius 3 is 2.40 bits per heavy atom. The summed E-state index contributed by atoms with van der Waals surface area (Å²) in [5.41, 5.74) is 0. The number of carbonyl (C=O) groups is 1. The molecule has 0 saturated heterocycles. The molecule has 1 unspecified atom stereocenters. The van der Waals surface area contributed by atoms with Gasteiger partial charge in [-0.15, -0.1) is 0 Å². The van der Waals surface area contributed by atoms with E-state index in [1.165, 1.54) is 0 Å². The van der Waals surface area contributed by atoms with Crippen LogP contribution in [0.3, 0.4) is 0 Å². The van der Waals surface area contributed by atoms with Crippen LogP contribution in [0.1, 0.15) is 39.5 Å². The predicted octanol–water partition coefficient (Wildman–Crippen LogP) is 1.33. The van der Waals surface area contributed by atoms with Gasteiger partial charge in [0.15, 0.2) is 0 Å². The van der Waals surface area contributed by atoms with Crippen molar-refractivity contribution in [2.45, 2.75) is 45.6 Å². The van der Waals surface area contributed by atoms with E-state index in [1.54, 1.807) is 0 Å². The molecule has 0 heterocycles. The molecule has 0 radical (unpaired) electrons. The van der Waals surface area contributed by atoms with Gasteiger partial charge in [0, 0.05) is 13.2 Å². The van der Waals surface area contributed by atoms with Crippen LogP contribution in [0, 0.1) is 0 Å². The Morgan fingerprint density at radius 2 is 2.00 bits per heavy atom. The maximum Gasteiger partial charge on any atom is 0.320 e. The molecule has 90 valence electrons. The average molecular weight is 217 g/mol. The van der Waals surface area contributed by atoms with Crippen LogP contribution in [0.2, 0.25) is 0 Å². The maximum absolute atomic E-state index is 11.1. The number of hydrogen-bond acceptors (Lipinski definition) is 3. The zero-order valence-corrected chi connectivity index (χ0v) is 9.78. The van der Waals surface area contributed by atoms with Gasteiger partial charge in [-0.2, -0.15) is 0 Å². The van der Waals surface area contributed by atoms with Crippen molar-refractivity contribution in [3.63, 3.8) is 0 Å². The SMILES string of the molecule is CCCCC(C(=O)O)N(CC)CCCO. The minimum Gasteiger partial charge on any atom is -0.480 e. The highest BCUT2D eigenvalue weighted by atomic mass is 16.4. The lowest BCUT2D eigenvalue weighted by atomic mass is 10.1. The molecule has 0 spiro atoms. The fourth-order valence-corrected chi connectivity index (χ4v) is 1.67. The third kappa shape index (κ3) is 5.74. The average Bonchev–Trinajstić information content (AvgIpc) is 2.22. The van der Waals surface area contributed by atoms with Gasteiger partial charge in [0.1, 0.15) is 6.04 Å². The minimum absolute atomic E-state index is 0.122. The van der Waals surface area contributed by atoms with E-state index >= 15 is 0 Å². The van der Waals surface area contributed by atoms with Crippen LogP contribution >= 0.6 is 0 Å². The van der Waals surface area contributed by atoms with Gasteiger partial charge in [-0.05, 0) is 19.4 Å². The number of aliphatic hydroxyl groups is 1. The summed E-state index contributed by atoms with van der Waals surface area (Å²) in [6.07, 6.45) is 3.29. The van der Waals surface area contributed by atoms with Crippen molar-refractivity contribution in [2.75, 3.05) is 19.7 Å². The summed E-state index contributed by atoms with van der Waals surface area (Å²) in [4.78, 5) is 13.0. The van der Waals surface area contributed by atoms with E-state index in [0.717, 1.165) is 19.4 Å². The maximum atomic E-state index is 11.1. The summed E-state index contributed by atoms with van der Waals surface area (Å²) in [6, 6.07) is -0.388. The Labute approximate surface area is 91.9 Å². The van der Waals surface area contributed by atoms with Gasteiger partial charge in [-0.1, -0.05) is 26.7 Å². The van der Waals surface area contributed by atoms with Crippen molar-refractivity contribution < 1.29 is 15.0 Å². The highest BCUT2D eigenvalue weighted by Gasteiger charge is 2.22. The van der Waals surface area contributed by atoms with E-state index in [1.807, 2.05) is 11.8 Å². The Bertz CT molecular complexity index is 173. The van der Waals surface area contributed by atoms with Crippen LogP contribution in [0.4, 0.5) is 0 Å². The van der Waals surface area contributed by atoms with Crippen molar-refractivity contribution in [2.24, 2.45) is 0 Å². The molecule has 2 N–H and O–H groups in total. The van der Waals surface area contributed by atoms with Crippen molar-refractivity contribution in [1.29, 1.82) is 0 Å². The molecule has 0 aromatic rings. The Hall–Kier alpha value is -0.610. The smallest absolute Gasteiger partial charge is 0.320 e. The molecule has 0 saturated carbocycles. The molecule has 0 amide bonds. The van der Waals surface area contributed by atoms with Crippen molar-refractivity contribution in [1.82, 2.24) is 4.90 Å². The van der Waals surface area contributed by atoms with Gasteiger partial charge in [-0.25, -0.2) is 0 Å². The first-order valence-electron chi connectivity index (χ1n) is 5.75. The lowest BCUT2D eigenvalue weighted by Crippen LogP contribution is -2.41. The molecule has 4 heteroatoms. The number of aliphatic carboxylic acids is 1. The van der Waals surface area contributed by atoms with E-state index in [2.05, 4.69) is 6.92 Å². The molecule has 15 heavy (non-hydrogen) atoms. The summed E-state index contributed by atoms with van der Waals surface area (Å²) in [5.74, 6) is -0.747. The number of nitrogens with zero attached hydrogens (tertiary/aromatic N) is 1. The van der Waals surface area contributed by atoms with Gasteiger partial charge in [0.05, 0.1) is 0 Å². The number of rotatable bonds is 9. The monoisotopic (exact) mass is 217 g/mol. The van der Waals surface area contributed by atoms with Crippen LogP contribution in [0.5, 0.6) is 0 Å². The van der Waals surface area contributed by atoms with E-state index in [0.29, 0.717) is 19.4 Å². The number of unbranched alkanes of at least 4 members (excludes halogenated alkanes) is 1. The van der Waals surface area contributed by atoms with E-state index in [-0.39, 0.29) is 12.6 Å². The fourth-order valence-electron chi connectivity index (χ4n) is 1.67. The first kappa shape index (κ1) is 14.4. The van der Waals surface area contributed by atoms with Gasteiger partial charge in [0.2, 0.25) is 0 Å². The second-order valence-electron chi connectivity index (χ2n) is 3.70. The molecule has 0 aliphatic carbocycles. The predicted molar refractivity (Wildman–Crippen MR) is 59.9 cm³/mol. The van der Waals surface area contributed by atoms with Crippen molar-refractivity contribution in [3.8, 4) is 0 Å². The highest BCUT2D eigenvalue weighted by Crippen LogP contribution is 2.09. The second-order valence-corrected chi connectivity index (χ2v) is 3.70. The number of aliphatic hydroxyl groups excluding tert-OH is 1. The Balaban J connectivity index is 4.20. The largest absolute Gasteiger partial charge is 0.480 e. The summed E-state index contributed by atoms with van der Waals surface area (Å²) in [6.45, 7) is 5.52. The van der Waals surface area contributed by atoms with Gasteiger partial charge in [0.25, 0.3) is 0 Å². The molecular weight excluding hydrogens is 194 g/mol. The second kappa shape index (κ2) is 8.68. The van der Waals surface area contributed by atoms with Crippen molar-refractivity contribution >= 4 is 5.97 Å². The quantitative estimate of drug-likeness (QED) is 0.611. The highest BCUT2D eigenvalue weighted by molar-refractivity contribution is 5.73. The van der Waals surface area contributed by atoms with Crippen molar-refractivity contribution in [3.05, 3.63) is 0 Å². The minimum atomic E-state index is -0.747. The third-order valence-electron chi connectivity index (χ3n) is 2.57. The first-order valence-corrected chi connectivity index (χ1v) is 5.75. The van der Waals surface area contributed by atoms with Crippen LogP contribution in [-0.4, -0.2) is 46.8 Å². The van der Waals surface area contributed by atoms with Gasteiger partial charge in [-0.3, -0.25) is 9.69 Å². The van der Waals surface area contributed by atoms with Gasteiger partial charge < -0.3 is 10.2 Å². The summed E-state index contributed by atoms with van der Waals surface area (Å²) in [5, 5.41) is 17.8. The molecule has 0 aromatic carbocycles. The normalized spacial score (nSPS) is 13.1. The Kier molecular flexibility index (Phi) is 8.33. The lowest BCUT2D eigenvalue weighted by molar-refractivity contribution is -0.143. The van der Waals surface area contributed by atoms with E-state index < -0.39 is 5.97 Å². The molecule has 0 aromatic heterocycles. The van der Waals surface area contributed by atoms with Crippen LogP contribution in [0.25, 0.3) is 0 Å². The fraction of sp³-hybridized carbons (Fsp3) is 0.909. The standard InChI is InChI=1S/C11H23NO3/c1-3-5-7-10(11(14)15)12(4-2)8-6-9-13/h10,13H,3-9H2,1-2H3,(H,14,15). The van der Waals surface area contributed by atoms with Crippen LogP contribution < -0.4 is 0 Å². The molecule has 0 aliphatic rings. The third-order valence-corrected chi connectivity index (χ3v) is 2.57. The number of hydrogen-bond donors (Lipinski definition) is 2. The molecule has 4 nitrogen and oxygen atoms in total. The molecule has 1 atom stereocenters. The zero-order valence-electron chi connectivity index (χ0n) is 9.78. The number of likely N-dealkylation sites (N-methyl/N-ethyl adjacent to an activating group) is 1. The number of carboxylic acid groups (broad SMARTS) is 1. The molecule has 0 bridgehead atoms. The molecular formula is C11H23NO3. The summed E-state index contributed by atoms with van der Waals surface area (Å²) >= 11 is 0. The molecule has 0 aliphatic heterocycles. The molecule has 0 fully saturated rings. The molecule has 0 rings (SSSR count). The van der Waals surface area contributed by atoms with E-state index in [4.69, 9.17) is 10.2 Å². The van der Waals surface area contributed by atoms with Crippen LogP contribution in [-0.2, 0) is 4.79 Å². The summed E-state index contributed by atoms with van der Waals surface area (Å²) in [7, 11) is 0. The van der Waals surface area contributed by atoms with Crippen LogP contribution in [0.15, 0.2) is 0 Å². The lowest BCUT2D eigenvalue weighted by Gasteiger charge is -2.27. The first-order chi connectivity index (χ1) is 7.17. The van der Waals surface area contributed by atoms with Gasteiger partial charge >= 0.3 is 5.97 Å². The Morgan fingerprint density at radius 1 is 1.33 bits per heavy atom. The zero-order chi connectivity index (χ0) is 11.7.